The third-order valence-corrected chi connectivity index (χ3v) is 8.29. The molecule has 0 radical (unpaired) electrons. The van der Waals surface area contributed by atoms with Crippen molar-refractivity contribution in [3.63, 3.8) is 0 Å². The van der Waals surface area contributed by atoms with E-state index in [4.69, 9.17) is 0 Å². The van der Waals surface area contributed by atoms with E-state index in [-0.39, 0.29) is 22.6 Å². The first-order valence-corrected chi connectivity index (χ1v) is 13.3. The Morgan fingerprint density at radius 2 is 1.88 bits per heavy atom. The molecule has 0 aromatic heterocycles. The number of benzene rings is 1. The van der Waals surface area contributed by atoms with Crippen LogP contribution in [0.15, 0.2) is 24.3 Å². The van der Waals surface area contributed by atoms with E-state index < -0.39 is 6.04 Å². The molecule has 2 saturated heterocycles. The number of carbonyl (C=O) groups is 2. The Balaban J connectivity index is 1.59. The molecule has 32 heavy (non-hydrogen) atoms. The van der Waals surface area contributed by atoms with Gasteiger partial charge in [0, 0.05) is 30.4 Å². The number of piperidine rings is 1. The van der Waals surface area contributed by atoms with Crippen LogP contribution in [-0.4, -0.2) is 64.5 Å². The number of thioether (sulfide) groups is 1. The first kappa shape index (κ1) is 25.1. The number of nitrogens with zero attached hydrogens (tertiary/aromatic N) is 2. The molecule has 3 rings (SSSR count). The van der Waals surface area contributed by atoms with Gasteiger partial charge in [0.1, 0.15) is 6.04 Å². The van der Waals surface area contributed by atoms with E-state index in [1.807, 2.05) is 29.2 Å². The van der Waals surface area contributed by atoms with Crippen molar-refractivity contribution in [2.24, 2.45) is 0 Å². The molecule has 0 bridgehead atoms. The molecule has 0 spiro atoms. The quantitative estimate of drug-likeness (QED) is 0.603. The van der Waals surface area contributed by atoms with Crippen LogP contribution in [-0.2, 0) is 10.2 Å². The minimum Gasteiger partial charge on any atom is -0.354 e. The summed E-state index contributed by atoms with van der Waals surface area (Å²) >= 11 is 1.72. The van der Waals surface area contributed by atoms with Crippen LogP contribution in [0.5, 0.6) is 0 Å². The number of likely N-dealkylation sites (tertiary alicyclic amines) is 1. The highest BCUT2D eigenvalue weighted by atomic mass is 32.2. The SMILES string of the molecule is CCC1SCC(C(=O)NCCCN2CCCCC2C)N1C(=O)c1ccc(C(C)(C)C)cc1. The van der Waals surface area contributed by atoms with E-state index in [9.17, 15) is 9.59 Å². The molecule has 2 aliphatic rings. The monoisotopic (exact) mass is 459 g/mol. The van der Waals surface area contributed by atoms with E-state index in [1.165, 1.54) is 31.4 Å². The molecular formula is C26H41N3O2S. The lowest BCUT2D eigenvalue weighted by molar-refractivity contribution is -0.124. The summed E-state index contributed by atoms with van der Waals surface area (Å²) < 4.78 is 0. The lowest BCUT2D eigenvalue weighted by Crippen LogP contribution is -2.50. The van der Waals surface area contributed by atoms with Crippen LogP contribution < -0.4 is 5.32 Å². The van der Waals surface area contributed by atoms with Gasteiger partial charge < -0.3 is 15.1 Å². The van der Waals surface area contributed by atoms with Gasteiger partial charge in [-0.25, -0.2) is 0 Å². The summed E-state index contributed by atoms with van der Waals surface area (Å²) in [5, 5.41) is 3.17. The highest BCUT2D eigenvalue weighted by Gasteiger charge is 2.41. The van der Waals surface area contributed by atoms with Gasteiger partial charge in [-0.2, -0.15) is 0 Å². The van der Waals surface area contributed by atoms with Crippen LogP contribution in [0.4, 0.5) is 0 Å². The zero-order chi connectivity index (χ0) is 23.3. The molecule has 0 aliphatic carbocycles. The minimum absolute atomic E-state index is 0.0141. The van der Waals surface area contributed by atoms with Crippen LogP contribution >= 0.6 is 11.8 Å². The van der Waals surface area contributed by atoms with Crippen molar-refractivity contribution in [2.45, 2.75) is 89.6 Å². The average Bonchev–Trinajstić information content (AvgIpc) is 3.21. The average molecular weight is 460 g/mol. The van der Waals surface area contributed by atoms with Gasteiger partial charge in [0.15, 0.2) is 0 Å². The predicted molar refractivity (Wildman–Crippen MR) is 134 cm³/mol. The van der Waals surface area contributed by atoms with Crippen LogP contribution in [0.2, 0.25) is 0 Å². The molecule has 1 aromatic carbocycles. The van der Waals surface area contributed by atoms with Crippen molar-refractivity contribution < 1.29 is 9.59 Å². The first-order valence-electron chi connectivity index (χ1n) is 12.3. The number of nitrogens with one attached hydrogen (secondary N) is 1. The maximum Gasteiger partial charge on any atom is 0.255 e. The van der Waals surface area contributed by atoms with E-state index in [2.05, 4.69) is 44.8 Å². The minimum atomic E-state index is -0.395. The molecule has 2 aliphatic heterocycles. The third-order valence-electron chi connectivity index (χ3n) is 6.84. The maximum absolute atomic E-state index is 13.4. The number of hydrogen-bond donors (Lipinski definition) is 1. The van der Waals surface area contributed by atoms with Gasteiger partial charge >= 0.3 is 0 Å². The van der Waals surface area contributed by atoms with Crippen molar-refractivity contribution in [2.75, 3.05) is 25.4 Å². The largest absolute Gasteiger partial charge is 0.354 e. The molecule has 5 nitrogen and oxygen atoms in total. The highest BCUT2D eigenvalue weighted by Crippen LogP contribution is 2.33. The second-order valence-corrected chi connectivity index (χ2v) is 11.5. The van der Waals surface area contributed by atoms with Crippen molar-refractivity contribution in [3.05, 3.63) is 35.4 Å². The maximum atomic E-state index is 13.4. The Kier molecular flexibility index (Phi) is 8.68. The third kappa shape index (κ3) is 6.07. The van der Waals surface area contributed by atoms with Crippen LogP contribution in [0, 0.1) is 0 Å². The Bertz CT molecular complexity index is 774. The molecule has 1 aromatic rings. The second-order valence-electron chi connectivity index (χ2n) is 10.3. The summed E-state index contributed by atoms with van der Waals surface area (Å²) in [6, 6.07) is 8.14. The highest BCUT2D eigenvalue weighted by molar-refractivity contribution is 8.00. The standard InChI is InChI=1S/C26H41N3O2S/c1-6-23-29(25(31)20-11-13-21(14-12-20)26(3,4)5)22(18-32-23)24(30)27-15-9-17-28-16-8-7-10-19(28)2/h11-14,19,22-23H,6-10,15-18H2,1-5H3,(H,27,30). The molecule has 6 heteroatoms. The molecule has 3 atom stereocenters. The van der Waals surface area contributed by atoms with Crippen LogP contribution in [0.3, 0.4) is 0 Å². The lowest BCUT2D eigenvalue weighted by Gasteiger charge is -2.33. The smallest absolute Gasteiger partial charge is 0.255 e. The molecular weight excluding hydrogens is 418 g/mol. The summed E-state index contributed by atoms with van der Waals surface area (Å²) in [7, 11) is 0. The lowest BCUT2D eigenvalue weighted by atomic mass is 9.86. The van der Waals surface area contributed by atoms with E-state index in [0.29, 0.717) is 23.9 Å². The van der Waals surface area contributed by atoms with E-state index >= 15 is 0 Å². The summed E-state index contributed by atoms with van der Waals surface area (Å²) in [6.45, 7) is 13.8. The normalized spacial score (nSPS) is 24.5. The number of carbonyl (C=O) groups excluding carboxylic acids is 2. The Morgan fingerprint density at radius 3 is 2.50 bits per heavy atom. The zero-order valence-electron chi connectivity index (χ0n) is 20.5. The number of amides is 2. The summed E-state index contributed by atoms with van der Waals surface area (Å²) in [5.74, 6) is 0.615. The summed E-state index contributed by atoms with van der Waals surface area (Å²) in [4.78, 5) is 30.8. The van der Waals surface area contributed by atoms with Gasteiger partial charge in [0.2, 0.25) is 5.91 Å². The Hall–Kier alpha value is -1.53. The number of rotatable bonds is 7. The zero-order valence-corrected chi connectivity index (χ0v) is 21.3. The fourth-order valence-corrected chi connectivity index (χ4v) is 6.07. The summed E-state index contributed by atoms with van der Waals surface area (Å²) in [5.41, 5.74) is 1.91. The fraction of sp³-hybridized carbons (Fsp3) is 0.692. The van der Waals surface area contributed by atoms with Crippen LogP contribution in [0.1, 0.15) is 82.6 Å². The summed E-state index contributed by atoms with van der Waals surface area (Å²) in [6.07, 6.45) is 5.68. The van der Waals surface area contributed by atoms with Crippen molar-refractivity contribution in [1.82, 2.24) is 15.1 Å². The fourth-order valence-electron chi connectivity index (χ4n) is 4.72. The molecule has 2 heterocycles. The van der Waals surface area contributed by atoms with Crippen molar-refractivity contribution >= 4 is 23.6 Å². The first-order chi connectivity index (χ1) is 15.2. The van der Waals surface area contributed by atoms with Gasteiger partial charge in [0.25, 0.3) is 5.91 Å². The molecule has 1 N–H and O–H groups in total. The van der Waals surface area contributed by atoms with Gasteiger partial charge in [0.05, 0.1) is 5.37 Å². The van der Waals surface area contributed by atoms with Crippen molar-refractivity contribution in [3.8, 4) is 0 Å². The molecule has 2 fully saturated rings. The predicted octanol–water partition coefficient (Wildman–Crippen LogP) is 4.66. The Morgan fingerprint density at radius 1 is 1.16 bits per heavy atom. The van der Waals surface area contributed by atoms with E-state index in [1.54, 1.807) is 11.8 Å². The molecule has 178 valence electrons. The topological polar surface area (TPSA) is 52.7 Å². The van der Waals surface area contributed by atoms with Gasteiger partial charge in [-0.1, -0.05) is 46.2 Å². The van der Waals surface area contributed by atoms with Gasteiger partial charge in [-0.3, -0.25) is 9.59 Å². The second kappa shape index (κ2) is 11.1. The van der Waals surface area contributed by atoms with Crippen molar-refractivity contribution in [1.29, 1.82) is 0 Å². The molecule has 3 unspecified atom stereocenters. The number of hydrogen-bond acceptors (Lipinski definition) is 4. The Labute approximate surface area is 198 Å². The van der Waals surface area contributed by atoms with Gasteiger partial charge in [-0.15, -0.1) is 11.8 Å². The van der Waals surface area contributed by atoms with Crippen LogP contribution in [0.25, 0.3) is 0 Å². The van der Waals surface area contributed by atoms with Gasteiger partial charge in [-0.05, 0) is 62.3 Å². The van der Waals surface area contributed by atoms with E-state index in [0.717, 1.165) is 19.4 Å². The molecule has 2 amide bonds. The molecule has 0 saturated carbocycles.